The molecule has 0 aromatic heterocycles. The molecule has 3 N–H and O–H groups in total. The van der Waals surface area contributed by atoms with Crippen molar-refractivity contribution in [3.05, 3.63) is 46.8 Å². The lowest BCUT2D eigenvalue weighted by Gasteiger charge is -2.14. The molecule has 0 aromatic carbocycles. The molecule has 0 saturated carbocycles. The average Bonchev–Trinajstić information content (AvgIpc) is 2.58. The Balaban J connectivity index is 3.38. The summed E-state index contributed by atoms with van der Waals surface area (Å²) >= 11 is 0. The fourth-order valence-electron chi connectivity index (χ4n) is 2.27. The van der Waals surface area contributed by atoms with Crippen LogP contribution in [-0.4, -0.2) is 12.3 Å². The second-order valence-electron chi connectivity index (χ2n) is 4.44. The Hall–Kier alpha value is -1.77. The summed E-state index contributed by atoms with van der Waals surface area (Å²) < 4.78 is 5.76. The van der Waals surface area contributed by atoms with Gasteiger partial charge < -0.3 is 4.74 Å². The highest BCUT2D eigenvalue weighted by Crippen LogP contribution is 2.29. The van der Waals surface area contributed by atoms with Crippen LogP contribution in [0.1, 0.15) is 40.5 Å². The van der Waals surface area contributed by atoms with Gasteiger partial charge >= 0.3 is 0 Å². The van der Waals surface area contributed by atoms with Crippen LogP contribution in [-0.2, 0) is 4.74 Å². The zero-order valence-electron chi connectivity index (χ0n) is 12.4. The van der Waals surface area contributed by atoms with E-state index < -0.39 is 0 Å². The predicted molar refractivity (Wildman–Crippen MR) is 80.4 cm³/mol. The third kappa shape index (κ3) is 3.60. The van der Waals surface area contributed by atoms with Gasteiger partial charge in [-0.3, -0.25) is 0 Å². The number of nitrogens with one attached hydrogen (secondary N) is 1. The first-order valence-corrected chi connectivity index (χ1v) is 6.91. The number of hydrazone groups is 1. The van der Waals surface area contributed by atoms with E-state index in [1.54, 1.807) is 0 Å². The fraction of sp³-hybridized carbons (Fsp3) is 0.438. The molecule has 0 fully saturated rings. The molecule has 0 spiro atoms. The molecule has 3 heteroatoms. The molecule has 0 aliphatic heterocycles. The Morgan fingerprint density at radius 2 is 2.16 bits per heavy atom. The third-order valence-corrected chi connectivity index (χ3v) is 3.11. The van der Waals surface area contributed by atoms with Gasteiger partial charge in [-0.2, -0.15) is 0 Å². The molecule has 0 radical (unpaired) electrons. The number of hydrazine groups is 1. The highest BCUT2D eigenvalue weighted by molar-refractivity contribution is 6.00. The van der Waals surface area contributed by atoms with Crippen LogP contribution in [0, 0.1) is 0 Å². The zero-order chi connectivity index (χ0) is 14.3. The minimum absolute atomic E-state index is 0.640. The lowest BCUT2D eigenvalue weighted by atomic mass is 9.92. The van der Waals surface area contributed by atoms with Crippen molar-refractivity contribution in [3.8, 4) is 0 Å². The van der Waals surface area contributed by atoms with Crippen LogP contribution in [0.25, 0.3) is 0 Å². The summed E-state index contributed by atoms with van der Waals surface area (Å²) in [4.78, 5) is 0. The fourth-order valence-corrected chi connectivity index (χ4v) is 2.27. The number of allylic oxidation sites excluding steroid dienone is 7. The molecule has 3 nitrogen and oxygen atoms in total. The molecule has 0 bridgehead atoms. The van der Waals surface area contributed by atoms with E-state index >= 15 is 0 Å². The van der Waals surface area contributed by atoms with Gasteiger partial charge in [0.25, 0.3) is 0 Å². The number of ether oxygens (including phenoxy) is 1. The second kappa shape index (κ2) is 7.62. The smallest absolute Gasteiger partial charge is 0.211 e. The number of rotatable bonds is 5. The van der Waals surface area contributed by atoms with Crippen LogP contribution < -0.4 is 10.9 Å². The first kappa shape index (κ1) is 15.3. The van der Waals surface area contributed by atoms with Crippen molar-refractivity contribution in [1.29, 1.82) is 0 Å². The summed E-state index contributed by atoms with van der Waals surface area (Å²) in [6.45, 7) is 8.84. The Bertz CT molecular complexity index is 465. The van der Waals surface area contributed by atoms with Crippen LogP contribution >= 0.6 is 0 Å². The summed E-state index contributed by atoms with van der Waals surface area (Å²) in [5.41, 5.74) is 4.50. The minimum atomic E-state index is 0.640. The van der Waals surface area contributed by atoms with E-state index in [-0.39, 0.29) is 0 Å². The molecule has 0 heterocycles. The molecule has 0 aromatic rings. The van der Waals surface area contributed by atoms with E-state index in [9.17, 15) is 0 Å². The van der Waals surface area contributed by atoms with Crippen LogP contribution in [0.2, 0.25) is 0 Å². The summed E-state index contributed by atoms with van der Waals surface area (Å²) in [6.07, 6.45) is 10.5. The van der Waals surface area contributed by atoms with Crippen molar-refractivity contribution in [2.24, 2.45) is 5.84 Å². The van der Waals surface area contributed by atoms with Crippen LogP contribution in [0.3, 0.4) is 0 Å². The molecular weight excluding hydrogens is 236 g/mol. The van der Waals surface area contributed by atoms with E-state index in [0.29, 0.717) is 6.61 Å². The second-order valence-corrected chi connectivity index (χ2v) is 4.44. The number of hydrogen-bond donors (Lipinski definition) is 2. The molecule has 1 aliphatic carbocycles. The van der Waals surface area contributed by atoms with Gasteiger partial charge in [0.2, 0.25) is 5.71 Å². The van der Waals surface area contributed by atoms with Crippen molar-refractivity contribution < 1.29 is 9.84 Å². The van der Waals surface area contributed by atoms with Crippen LogP contribution in [0.5, 0.6) is 0 Å². The normalized spacial score (nSPS) is 18.6. The first-order valence-electron chi connectivity index (χ1n) is 6.91. The van der Waals surface area contributed by atoms with Crippen molar-refractivity contribution in [3.63, 3.8) is 0 Å². The van der Waals surface area contributed by atoms with Gasteiger partial charge in [0, 0.05) is 6.92 Å². The Labute approximate surface area is 116 Å². The number of nitrogens with two attached hydrogens (primary N) is 1. The SMILES string of the molecule is C/C=C1\C(CCC)=CC=CC(OCC)=C1/C(C)=[NH+]/N. The van der Waals surface area contributed by atoms with Crippen molar-refractivity contribution in [1.82, 2.24) is 0 Å². The van der Waals surface area contributed by atoms with Gasteiger partial charge in [0.05, 0.1) is 12.2 Å². The van der Waals surface area contributed by atoms with E-state index in [4.69, 9.17) is 10.6 Å². The highest BCUT2D eigenvalue weighted by Gasteiger charge is 2.22. The van der Waals surface area contributed by atoms with Gasteiger partial charge in [-0.25, -0.2) is 5.84 Å². The molecule has 0 unspecified atom stereocenters. The van der Waals surface area contributed by atoms with Gasteiger partial charge in [-0.05, 0) is 37.5 Å². The Morgan fingerprint density at radius 1 is 1.42 bits per heavy atom. The Kier molecular flexibility index (Phi) is 6.13. The quantitative estimate of drug-likeness (QED) is 0.451. The topological polar surface area (TPSA) is 49.2 Å². The average molecular weight is 261 g/mol. The minimum Gasteiger partial charge on any atom is -0.493 e. The van der Waals surface area contributed by atoms with Crippen LogP contribution in [0.4, 0.5) is 0 Å². The van der Waals surface area contributed by atoms with Crippen molar-refractivity contribution >= 4 is 5.71 Å². The van der Waals surface area contributed by atoms with Crippen molar-refractivity contribution in [2.75, 3.05) is 6.61 Å². The first-order chi connectivity index (χ1) is 9.19. The number of hydrogen-bond acceptors (Lipinski definition) is 2. The van der Waals surface area contributed by atoms with Gasteiger partial charge in [-0.15, -0.1) is 5.10 Å². The summed E-state index contributed by atoms with van der Waals surface area (Å²) in [6, 6.07) is 0. The molecule has 104 valence electrons. The molecule has 1 aliphatic rings. The maximum atomic E-state index is 5.76. The van der Waals surface area contributed by atoms with E-state index in [1.165, 1.54) is 11.1 Å². The summed E-state index contributed by atoms with van der Waals surface area (Å²) in [7, 11) is 0. The van der Waals surface area contributed by atoms with E-state index in [0.717, 1.165) is 29.9 Å². The molecule has 0 atom stereocenters. The molecule has 0 amide bonds. The van der Waals surface area contributed by atoms with E-state index in [2.05, 4.69) is 37.2 Å². The maximum absolute atomic E-state index is 5.76. The maximum Gasteiger partial charge on any atom is 0.211 e. The lowest BCUT2D eigenvalue weighted by Crippen LogP contribution is -2.80. The standard InChI is InChI=1S/C16H24N2O/c1-5-9-13-10-8-11-15(19-7-3)16(12(4)18-17)14(13)6-2/h6,8,10-11H,5,7,9,17H2,1-4H3/p+1/b14-6+,18-12+. The zero-order valence-corrected chi connectivity index (χ0v) is 12.4. The third-order valence-electron chi connectivity index (χ3n) is 3.11. The molecule has 0 saturated heterocycles. The monoisotopic (exact) mass is 261 g/mol. The van der Waals surface area contributed by atoms with Crippen LogP contribution in [0.15, 0.2) is 46.8 Å². The summed E-state index contributed by atoms with van der Waals surface area (Å²) in [5, 5.41) is 2.75. The predicted octanol–water partition coefficient (Wildman–Crippen LogP) is 1.93. The molecule has 19 heavy (non-hydrogen) atoms. The van der Waals surface area contributed by atoms with Gasteiger partial charge in [0.1, 0.15) is 5.76 Å². The molecule has 1 rings (SSSR count). The largest absolute Gasteiger partial charge is 0.493 e. The molecular formula is C16H25N2O+. The van der Waals surface area contributed by atoms with E-state index in [1.807, 2.05) is 19.9 Å². The summed E-state index contributed by atoms with van der Waals surface area (Å²) in [5.74, 6) is 6.47. The lowest BCUT2D eigenvalue weighted by molar-refractivity contribution is -0.469. The Morgan fingerprint density at radius 3 is 2.68 bits per heavy atom. The van der Waals surface area contributed by atoms with Gasteiger partial charge in [-0.1, -0.05) is 31.6 Å². The van der Waals surface area contributed by atoms with Crippen molar-refractivity contribution in [2.45, 2.75) is 40.5 Å². The highest BCUT2D eigenvalue weighted by atomic mass is 16.5. The van der Waals surface area contributed by atoms with Gasteiger partial charge in [0.15, 0.2) is 0 Å².